The van der Waals surface area contributed by atoms with Gasteiger partial charge in [0, 0.05) is 5.57 Å². The van der Waals surface area contributed by atoms with Gasteiger partial charge in [0.2, 0.25) is 0 Å². The van der Waals surface area contributed by atoms with Crippen molar-refractivity contribution >= 4 is 5.78 Å². The van der Waals surface area contributed by atoms with E-state index in [1.165, 1.54) is 6.92 Å². The molecule has 0 saturated heterocycles. The fourth-order valence-electron chi connectivity index (χ4n) is 2.05. The van der Waals surface area contributed by atoms with E-state index in [4.69, 9.17) is 0 Å². The lowest BCUT2D eigenvalue weighted by Crippen LogP contribution is -2.20. The zero-order chi connectivity index (χ0) is 19.4. The molecular weight excluding hydrogens is 284 g/mol. The maximum Gasteiger partial charge on any atom is 0.160 e. The van der Waals surface area contributed by atoms with E-state index in [1.807, 2.05) is 62.3 Å². The van der Waals surface area contributed by atoms with Gasteiger partial charge in [-0.3, -0.25) is 4.79 Å². The van der Waals surface area contributed by atoms with Crippen LogP contribution < -0.4 is 0 Å². The quantitative estimate of drug-likeness (QED) is 0.465. The molecule has 0 saturated carbocycles. The molecule has 1 unspecified atom stereocenters. The van der Waals surface area contributed by atoms with Crippen molar-refractivity contribution < 1.29 is 9.90 Å². The van der Waals surface area contributed by atoms with Crippen LogP contribution in [0.15, 0.2) is 35.5 Å². The van der Waals surface area contributed by atoms with Gasteiger partial charge in [-0.25, -0.2) is 0 Å². The highest BCUT2D eigenvalue weighted by Gasteiger charge is 2.23. The molecule has 0 fully saturated rings. The molecule has 138 valence electrons. The van der Waals surface area contributed by atoms with Gasteiger partial charge in [0.05, 0.1) is 6.10 Å². The minimum Gasteiger partial charge on any atom is -0.388 e. The number of Topliss-reactive ketones (excluding diaryl/α,β-unsaturated/α-hetero) is 1. The van der Waals surface area contributed by atoms with Gasteiger partial charge in [0.25, 0.3) is 0 Å². The average Bonchev–Trinajstić information content (AvgIpc) is 2.61. The lowest BCUT2D eigenvalue weighted by molar-refractivity contribution is -0.113. The molecule has 0 heterocycles. The van der Waals surface area contributed by atoms with Gasteiger partial charge >= 0.3 is 0 Å². The molecule has 0 aliphatic heterocycles. The van der Waals surface area contributed by atoms with Gasteiger partial charge < -0.3 is 5.11 Å². The Hall–Kier alpha value is -1.15. The van der Waals surface area contributed by atoms with E-state index in [1.54, 1.807) is 12.2 Å². The van der Waals surface area contributed by atoms with Crippen LogP contribution in [0.3, 0.4) is 0 Å². The maximum atomic E-state index is 11.5. The number of aliphatic hydroxyl groups excluding tert-OH is 1. The molecule has 1 rings (SSSR count). The number of hydrogen-bond donors (Lipinski definition) is 1. The van der Waals surface area contributed by atoms with Crippen LogP contribution in [0.2, 0.25) is 0 Å². The zero-order valence-corrected chi connectivity index (χ0v) is 17.4. The van der Waals surface area contributed by atoms with Crippen molar-refractivity contribution in [3.05, 3.63) is 35.5 Å². The second kappa shape index (κ2) is 23.1. The minimum absolute atomic E-state index is 0.00907. The van der Waals surface area contributed by atoms with E-state index in [-0.39, 0.29) is 5.78 Å². The Morgan fingerprint density at radius 3 is 1.83 bits per heavy atom. The van der Waals surface area contributed by atoms with Crippen LogP contribution in [-0.2, 0) is 4.79 Å². The molecule has 0 aromatic carbocycles. The fourth-order valence-corrected chi connectivity index (χ4v) is 2.05. The van der Waals surface area contributed by atoms with Crippen molar-refractivity contribution in [2.75, 3.05) is 0 Å². The van der Waals surface area contributed by atoms with Crippen LogP contribution in [-0.4, -0.2) is 17.0 Å². The first kappa shape index (κ1) is 29.8. The molecule has 0 aromatic rings. The third-order valence-electron chi connectivity index (χ3n) is 2.78. The Bertz CT molecular complexity index is 336. The van der Waals surface area contributed by atoms with Gasteiger partial charge in [0.15, 0.2) is 5.78 Å². The van der Waals surface area contributed by atoms with Crippen LogP contribution in [0, 0.1) is 0 Å². The molecule has 0 aromatic heterocycles. The monoisotopic (exact) mass is 326 g/mol. The first-order chi connectivity index (χ1) is 11.1. The summed E-state index contributed by atoms with van der Waals surface area (Å²) in [7, 11) is 0. The number of hydrogen-bond acceptors (Lipinski definition) is 2. The average molecular weight is 327 g/mol. The lowest BCUT2D eigenvalue weighted by atomic mass is 9.84. The first-order valence-corrected chi connectivity index (χ1v) is 9.29. The summed E-state index contributed by atoms with van der Waals surface area (Å²) in [5.74, 6) is -0.00907. The van der Waals surface area contributed by atoms with E-state index in [9.17, 15) is 9.90 Å². The molecule has 0 spiro atoms. The second-order valence-corrected chi connectivity index (χ2v) is 3.97. The smallest absolute Gasteiger partial charge is 0.160 e. The molecule has 0 radical (unpaired) electrons. The van der Waals surface area contributed by atoms with Crippen LogP contribution in [0.5, 0.6) is 0 Å². The third kappa shape index (κ3) is 13.0. The van der Waals surface area contributed by atoms with Crippen molar-refractivity contribution in [2.45, 2.75) is 94.6 Å². The highest BCUT2D eigenvalue weighted by atomic mass is 16.3. The molecule has 2 nitrogen and oxygen atoms in total. The van der Waals surface area contributed by atoms with Crippen LogP contribution >= 0.6 is 0 Å². The fraction of sp³-hybridized carbons (Fsp3) is 0.667. The van der Waals surface area contributed by atoms with Crippen LogP contribution in [0.4, 0.5) is 0 Å². The number of allylic oxidation sites excluding steroid dienone is 3. The summed E-state index contributed by atoms with van der Waals surface area (Å²) in [5, 5.41) is 9.90. The van der Waals surface area contributed by atoms with Crippen molar-refractivity contribution in [3.8, 4) is 0 Å². The normalized spacial score (nSPS) is 16.0. The largest absolute Gasteiger partial charge is 0.388 e. The molecule has 0 amide bonds. The van der Waals surface area contributed by atoms with E-state index in [0.29, 0.717) is 5.57 Å². The number of rotatable bonds is 3. The first-order valence-electron chi connectivity index (χ1n) is 9.29. The summed E-state index contributed by atoms with van der Waals surface area (Å²) < 4.78 is 0. The number of carbonyl (C=O) groups is 1. The third-order valence-corrected chi connectivity index (χ3v) is 2.78. The standard InChI is InChI=1S/C13H18O2.4C2H6/c1-4-6-11(10(3)14)13-9(2)7-5-8-12(13)15;4*1-2/h4,6,12,15H,1,5,7-8H2,2-3H3;4*1-2H3/b11-6-;;;;. The van der Waals surface area contributed by atoms with E-state index in [0.717, 1.165) is 30.4 Å². The van der Waals surface area contributed by atoms with Gasteiger partial charge in [-0.05, 0) is 38.7 Å². The Kier molecular flexibility index (Phi) is 30.0. The minimum atomic E-state index is -0.492. The zero-order valence-electron chi connectivity index (χ0n) is 17.4. The summed E-state index contributed by atoms with van der Waals surface area (Å²) in [6.07, 6.45) is 5.50. The maximum absolute atomic E-state index is 11.5. The summed E-state index contributed by atoms with van der Waals surface area (Å²) in [6.45, 7) is 23.1. The van der Waals surface area contributed by atoms with Gasteiger partial charge in [-0.15, -0.1) is 0 Å². The molecule has 1 aliphatic carbocycles. The SMILES string of the molecule is C=C/C=C(/C(C)=O)C1=C(C)CCCC1O.CC.CC.CC.CC. The van der Waals surface area contributed by atoms with Crippen molar-refractivity contribution in [2.24, 2.45) is 0 Å². The molecule has 2 heteroatoms. The molecule has 1 aliphatic rings. The van der Waals surface area contributed by atoms with Crippen LogP contribution in [0.25, 0.3) is 0 Å². The van der Waals surface area contributed by atoms with Gasteiger partial charge in [0.1, 0.15) is 0 Å². The highest BCUT2D eigenvalue weighted by molar-refractivity contribution is 5.98. The molecule has 1 N–H and O–H groups in total. The lowest BCUT2D eigenvalue weighted by Gasteiger charge is -2.24. The summed E-state index contributed by atoms with van der Waals surface area (Å²) in [6, 6.07) is 0. The second-order valence-electron chi connectivity index (χ2n) is 3.97. The molecular formula is C21H42O2. The Balaban J connectivity index is -0.000000196. The highest BCUT2D eigenvalue weighted by Crippen LogP contribution is 2.30. The Labute approximate surface area is 146 Å². The number of ketones is 1. The van der Waals surface area contributed by atoms with E-state index in [2.05, 4.69) is 6.58 Å². The van der Waals surface area contributed by atoms with Gasteiger partial charge in [-0.2, -0.15) is 0 Å². The number of aliphatic hydroxyl groups is 1. The van der Waals surface area contributed by atoms with Crippen LogP contribution in [0.1, 0.15) is 88.5 Å². The molecule has 1 atom stereocenters. The van der Waals surface area contributed by atoms with E-state index < -0.39 is 6.10 Å². The van der Waals surface area contributed by atoms with Crippen molar-refractivity contribution in [3.63, 3.8) is 0 Å². The predicted octanol–water partition coefficient (Wildman–Crippen LogP) is 6.65. The summed E-state index contributed by atoms with van der Waals surface area (Å²) in [4.78, 5) is 11.5. The summed E-state index contributed by atoms with van der Waals surface area (Å²) in [5.41, 5.74) is 2.54. The predicted molar refractivity (Wildman–Crippen MR) is 107 cm³/mol. The topological polar surface area (TPSA) is 37.3 Å². The van der Waals surface area contributed by atoms with Crippen molar-refractivity contribution in [1.82, 2.24) is 0 Å². The van der Waals surface area contributed by atoms with Gasteiger partial charge in [-0.1, -0.05) is 79.7 Å². The number of carbonyl (C=O) groups excluding carboxylic acids is 1. The Morgan fingerprint density at radius 2 is 1.52 bits per heavy atom. The molecule has 23 heavy (non-hydrogen) atoms. The van der Waals surface area contributed by atoms with E-state index >= 15 is 0 Å². The Morgan fingerprint density at radius 1 is 1.09 bits per heavy atom. The summed E-state index contributed by atoms with van der Waals surface area (Å²) >= 11 is 0. The van der Waals surface area contributed by atoms with Crippen molar-refractivity contribution in [1.29, 1.82) is 0 Å². The molecule has 0 bridgehead atoms.